The molecule has 3 aromatic carbocycles. The van der Waals surface area contributed by atoms with Gasteiger partial charge in [0.2, 0.25) is 0 Å². The molecule has 1 N–H and O–H groups in total. The van der Waals surface area contributed by atoms with Crippen LogP contribution in [0.15, 0.2) is 60.9 Å². The molecule has 0 saturated heterocycles. The third kappa shape index (κ3) is 5.53. The van der Waals surface area contributed by atoms with E-state index in [0.29, 0.717) is 35.1 Å². The van der Waals surface area contributed by atoms with Gasteiger partial charge in [-0.15, -0.1) is 29.4 Å². The predicted molar refractivity (Wildman–Crippen MR) is 155 cm³/mol. The first-order valence-corrected chi connectivity index (χ1v) is 13.5. The number of para-hydroxylation sites is 2. The van der Waals surface area contributed by atoms with Gasteiger partial charge in [0.1, 0.15) is 35.2 Å². The van der Waals surface area contributed by atoms with Crippen molar-refractivity contribution in [2.75, 3.05) is 0 Å². The Labute approximate surface area is 250 Å². The van der Waals surface area contributed by atoms with Gasteiger partial charge >= 0.3 is 0 Å². The van der Waals surface area contributed by atoms with E-state index in [1.54, 1.807) is 23.1 Å². The molecule has 0 spiro atoms. The number of rotatable bonds is 7. The molecule has 0 aliphatic carbocycles. The molecule has 2 aromatic heterocycles. The van der Waals surface area contributed by atoms with Crippen molar-refractivity contribution in [2.45, 2.75) is 66.2 Å². The summed E-state index contributed by atoms with van der Waals surface area (Å²) in [7, 11) is 0. The van der Waals surface area contributed by atoms with E-state index >= 15 is 0 Å². The fourth-order valence-corrected chi connectivity index (χ4v) is 4.88. The van der Waals surface area contributed by atoms with Crippen LogP contribution in [-0.4, -0.2) is 34.6 Å². The van der Waals surface area contributed by atoms with Gasteiger partial charge < -0.3 is 9.67 Å². The molecular formula is C32H35N6OPt-. The van der Waals surface area contributed by atoms with Gasteiger partial charge in [-0.1, -0.05) is 76.9 Å². The van der Waals surface area contributed by atoms with Crippen LogP contribution in [0.25, 0.3) is 34.2 Å². The summed E-state index contributed by atoms with van der Waals surface area (Å²) in [4.78, 5) is 4.67. The summed E-state index contributed by atoms with van der Waals surface area (Å²) in [6.45, 7) is 15.3. The number of aromatic hydroxyl groups is 1. The normalized spacial score (nSPS) is 11.4. The van der Waals surface area contributed by atoms with Crippen molar-refractivity contribution < 1.29 is 26.2 Å². The second kappa shape index (κ2) is 11.9. The molecule has 0 saturated carbocycles. The standard InChI is InChI=1S/C32H35N6O.Pt/c1-19(2)25-16-26(20(3)4)30(27(17-25)21(5)6)37-18-33-35-32(37)24-12-10-11-23(15-24)31-34-22(7)38(36-31)28-13-8-9-14-29(28)39;/h8-14,16-21,39H,1-7H3;/q-1;. The molecule has 0 radical (unpaired) electrons. The van der Waals surface area contributed by atoms with Crippen molar-refractivity contribution in [3.63, 3.8) is 0 Å². The van der Waals surface area contributed by atoms with Crippen molar-refractivity contribution in [1.82, 2.24) is 29.5 Å². The summed E-state index contributed by atoms with van der Waals surface area (Å²) >= 11 is 0. The van der Waals surface area contributed by atoms with Gasteiger partial charge in [0.25, 0.3) is 0 Å². The van der Waals surface area contributed by atoms with Gasteiger partial charge in [-0.2, -0.15) is 10.2 Å². The molecule has 40 heavy (non-hydrogen) atoms. The number of phenolic OH excluding ortho intramolecular Hbond substituents is 1. The number of aromatic nitrogens is 6. The minimum absolute atomic E-state index is 0. The molecule has 210 valence electrons. The molecule has 0 amide bonds. The van der Waals surface area contributed by atoms with E-state index < -0.39 is 0 Å². The van der Waals surface area contributed by atoms with Gasteiger partial charge in [-0.3, -0.25) is 4.98 Å². The van der Waals surface area contributed by atoms with Crippen LogP contribution in [0.5, 0.6) is 5.75 Å². The fraction of sp³-hybridized carbons (Fsp3) is 0.312. The largest absolute Gasteiger partial charge is 0.506 e. The second-order valence-electron chi connectivity index (χ2n) is 10.9. The van der Waals surface area contributed by atoms with Gasteiger partial charge in [0.15, 0.2) is 0 Å². The molecule has 7 nitrogen and oxygen atoms in total. The van der Waals surface area contributed by atoms with E-state index in [4.69, 9.17) is 0 Å². The zero-order valence-electron chi connectivity index (χ0n) is 24.0. The number of aryl methyl sites for hydroxylation is 1. The van der Waals surface area contributed by atoms with Crippen molar-refractivity contribution in [1.29, 1.82) is 0 Å². The van der Waals surface area contributed by atoms with Crippen LogP contribution in [0.4, 0.5) is 0 Å². The molecule has 0 fully saturated rings. The number of benzene rings is 3. The Hall–Kier alpha value is -3.57. The number of hydrogen-bond donors (Lipinski definition) is 1. The van der Waals surface area contributed by atoms with Crippen LogP contribution in [0.1, 0.15) is 81.8 Å². The van der Waals surface area contributed by atoms with Crippen LogP contribution < -0.4 is 0 Å². The first kappa shape index (κ1) is 29.4. The average Bonchev–Trinajstić information content (AvgIpc) is 3.55. The summed E-state index contributed by atoms with van der Waals surface area (Å²) in [5.41, 5.74) is 7.16. The van der Waals surface area contributed by atoms with Gasteiger partial charge in [0, 0.05) is 26.8 Å². The Kier molecular flexibility index (Phi) is 8.74. The number of nitrogens with zero attached hydrogens (tertiary/aromatic N) is 6. The molecule has 0 bridgehead atoms. The smallest absolute Gasteiger partial charge is 0.141 e. The molecular weight excluding hydrogens is 679 g/mol. The topological polar surface area (TPSA) is 81.7 Å². The van der Waals surface area contributed by atoms with Crippen molar-refractivity contribution in [3.05, 3.63) is 89.5 Å². The molecule has 5 aromatic rings. The zero-order chi connectivity index (χ0) is 27.8. The van der Waals surface area contributed by atoms with Crippen molar-refractivity contribution in [2.24, 2.45) is 0 Å². The van der Waals surface area contributed by atoms with E-state index in [0.717, 1.165) is 22.6 Å². The van der Waals surface area contributed by atoms with E-state index in [1.165, 1.54) is 16.7 Å². The van der Waals surface area contributed by atoms with Gasteiger partial charge in [0.05, 0.1) is 0 Å². The zero-order valence-corrected chi connectivity index (χ0v) is 26.2. The van der Waals surface area contributed by atoms with Crippen LogP contribution >= 0.6 is 0 Å². The number of phenols is 1. The summed E-state index contributed by atoms with van der Waals surface area (Å²) in [5.74, 6) is 3.15. The molecule has 0 atom stereocenters. The van der Waals surface area contributed by atoms with Crippen LogP contribution in [0.2, 0.25) is 0 Å². The van der Waals surface area contributed by atoms with E-state index in [9.17, 15) is 5.11 Å². The SMILES string of the molecule is Cc1nc(-c2[c-]c(-c3nncn3-c3c(C(C)C)cc(C(C)C)cc3C(C)C)ccc2)nn1-c1ccccc1O.[Pt]. The van der Waals surface area contributed by atoms with Crippen LogP contribution in [0, 0.1) is 13.0 Å². The third-order valence-corrected chi connectivity index (χ3v) is 7.05. The Morgan fingerprint density at radius 2 is 1.48 bits per heavy atom. The molecule has 5 rings (SSSR count). The third-order valence-electron chi connectivity index (χ3n) is 7.05. The monoisotopic (exact) mass is 714 g/mol. The first-order chi connectivity index (χ1) is 18.7. The Balaban J connectivity index is 0.00000370. The van der Waals surface area contributed by atoms with Gasteiger partial charge in [-0.25, -0.2) is 4.68 Å². The van der Waals surface area contributed by atoms with Gasteiger partial charge in [-0.05, 0) is 53.5 Å². The Bertz CT molecular complexity index is 1600. The van der Waals surface area contributed by atoms with E-state index in [2.05, 4.69) is 84.6 Å². The van der Waals surface area contributed by atoms with Crippen molar-refractivity contribution >= 4 is 0 Å². The Morgan fingerprint density at radius 3 is 2.10 bits per heavy atom. The quantitative estimate of drug-likeness (QED) is 0.178. The molecule has 0 unspecified atom stereocenters. The maximum atomic E-state index is 10.3. The van der Waals surface area contributed by atoms with Crippen LogP contribution in [0.3, 0.4) is 0 Å². The Morgan fingerprint density at radius 1 is 0.825 bits per heavy atom. The summed E-state index contributed by atoms with van der Waals surface area (Å²) < 4.78 is 3.75. The maximum absolute atomic E-state index is 10.3. The van der Waals surface area contributed by atoms with Crippen LogP contribution in [-0.2, 0) is 21.1 Å². The molecule has 2 heterocycles. The molecule has 0 aliphatic heterocycles. The predicted octanol–water partition coefficient (Wildman–Crippen LogP) is 7.36. The van der Waals surface area contributed by atoms with E-state index in [-0.39, 0.29) is 26.8 Å². The summed E-state index contributed by atoms with van der Waals surface area (Å²) in [6.07, 6.45) is 1.80. The second-order valence-corrected chi connectivity index (χ2v) is 10.9. The summed E-state index contributed by atoms with van der Waals surface area (Å²) in [6, 6.07) is 21.1. The number of hydrogen-bond acceptors (Lipinski definition) is 5. The first-order valence-electron chi connectivity index (χ1n) is 13.5. The van der Waals surface area contributed by atoms with E-state index in [1.807, 2.05) is 37.3 Å². The minimum Gasteiger partial charge on any atom is -0.506 e. The average molecular weight is 715 g/mol. The fourth-order valence-electron chi connectivity index (χ4n) is 4.88. The minimum atomic E-state index is 0. The maximum Gasteiger partial charge on any atom is 0.141 e. The van der Waals surface area contributed by atoms with Crippen molar-refractivity contribution in [3.8, 4) is 39.9 Å². The molecule has 8 heteroatoms. The molecule has 0 aliphatic rings. The summed E-state index contributed by atoms with van der Waals surface area (Å²) in [5, 5.41) is 23.9.